The lowest BCUT2D eigenvalue weighted by molar-refractivity contribution is -0.145. The van der Waals surface area contributed by atoms with E-state index in [1.807, 2.05) is 13.8 Å². The molecule has 4 nitrogen and oxygen atoms in total. The molecule has 0 radical (unpaired) electrons. The molecule has 0 amide bonds. The second-order valence-corrected chi connectivity index (χ2v) is 4.08. The van der Waals surface area contributed by atoms with Crippen LogP contribution in [0, 0.1) is 5.92 Å². The summed E-state index contributed by atoms with van der Waals surface area (Å²) in [6, 6.07) is -0.181. The standard InChI is InChI=1S/C11H22N2O2/c1-3-15-11(14)9(2)13-8-10-4-6-12-7-5-10/h9-10,12-13H,3-8H2,1-2H3. The van der Waals surface area contributed by atoms with E-state index in [2.05, 4.69) is 10.6 Å². The van der Waals surface area contributed by atoms with Gasteiger partial charge in [-0.3, -0.25) is 4.79 Å². The zero-order chi connectivity index (χ0) is 11.1. The Labute approximate surface area is 91.8 Å². The Morgan fingerprint density at radius 3 is 2.80 bits per heavy atom. The molecule has 1 aliphatic heterocycles. The first-order valence-electron chi connectivity index (χ1n) is 5.84. The lowest BCUT2D eigenvalue weighted by Crippen LogP contribution is -2.40. The largest absolute Gasteiger partial charge is 0.465 e. The molecule has 88 valence electrons. The maximum atomic E-state index is 11.3. The molecule has 1 aliphatic rings. The Hall–Kier alpha value is -0.610. The lowest BCUT2D eigenvalue weighted by atomic mass is 9.98. The number of carbonyl (C=O) groups is 1. The first-order chi connectivity index (χ1) is 7.24. The third kappa shape index (κ3) is 4.62. The number of esters is 1. The van der Waals surface area contributed by atoms with E-state index in [0.717, 1.165) is 19.6 Å². The number of carbonyl (C=O) groups excluding carboxylic acids is 1. The highest BCUT2D eigenvalue weighted by Crippen LogP contribution is 2.10. The fraction of sp³-hybridized carbons (Fsp3) is 0.909. The van der Waals surface area contributed by atoms with Crippen molar-refractivity contribution in [1.29, 1.82) is 0 Å². The molecule has 1 heterocycles. The molecule has 1 saturated heterocycles. The van der Waals surface area contributed by atoms with Gasteiger partial charge in [-0.15, -0.1) is 0 Å². The predicted molar refractivity (Wildman–Crippen MR) is 59.7 cm³/mol. The molecule has 0 spiro atoms. The minimum Gasteiger partial charge on any atom is -0.465 e. The van der Waals surface area contributed by atoms with Crippen molar-refractivity contribution in [2.45, 2.75) is 32.7 Å². The van der Waals surface area contributed by atoms with Crippen molar-refractivity contribution in [1.82, 2.24) is 10.6 Å². The maximum absolute atomic E-state index is 11.3. The van der Waals surface area contributed by atoms with Gasteiger partial charge in [0.15, 0.2) is 0 Å². The van der Waals surface area contributed by atoms with Gasteiger partial charge >= 0.3 is 5.97 Å². The minimum atomic E-state index is -0.181. The molecule has 4 heteroatoms. The maximum Gasteiger partial charge on any atom is 0.322 e. The fourth-order valence-corrected chi connectivity index (χ4v) is 1.78. The number of rotatable bonds is 5. The smallest absolute Gasteiger partial charge is 0.322 e. The molecule has 0 aromatic heterocycles. The van der Waals surface area contributed by atoms with Crippen LogP contribution >= 0.6 is 0 Å². The second kappa shape index (κ2) is 6.80. The van der Waals surface area contributed by atoms with Gasteiger partial charge < -0.3 is 15.4 Å². The van der Waals surface area contributed by atoms with Crippen LogP contribution in [0.25, 0.3) is 0 Å². The third-order valence-electron chi connectivity index (χ3n) is 2.81. The van der Waals surface area contributed by atoms with Crippen LogP contribution in [0.2, 0.25) is 0 Å². The minimum absolute atomic E-state index is 0.147. The van der Waals surface area contributed by atoms with Crippen LogP contribution in [-0.2, 0) is 9.53 Å². The van der Waals surface area contributed by atoms with Crippen molar-refractivity contribution in [2.24, 2.45) is 5.92 Å². The first kappa shape index (κ1) is 12.5. The molecule has 0 aromatic carbocycles. The molecular formula is C11H22N2O2. The predicted octanol–water partition coefficient (Wildman–Crippen LogP) is 0.527. The van der Waals surface area contributed by atoms with Gasteiger partial charge in [0.1, 0.15) is 6.04 Å². The number of nitrogens with one attached hydrogen (secondary N) is 2. The topological polar surface area (TPSA) is 50.4 Å². The molecule has 0 saturated carbocycles. The van der Waals surface area contributed by atoms with Crippen LogP contribution in [-0.4, -0.2) is 38.3 Å². The summed E-state index contributed by atoms with van der Waals surface area (Å²) in [6.07, 6.45) is 2.39. The van der Waals surface area contributed by atoms with Crippen LogP contribution in [0.4, 0.5) is 0 Å². The molecule has 2 N–H and O–H groups in total. The Balaban J connectivity index is 2.14. The molecule has 15 heavy (non-hydrogen) atoms. The van der Waals surface area contributed by atoms with E-state index >= 15 is 0 Å². The van der Waals surface area contributed by atoms with Crippen LogP contribution in [0.5, 0.6) is 0 Å². The first-order valence-corrected chi connectivity index (χ1v) is 5.84. The zero-order valence-electron chi connectivity index (χ0n) is 9.71. The quantitative estimate of drug-likeness (QED) is 0.655. The Kier molecular flexibility index (Phi) is 5.65. The number of piperidine rings is 1. The van der Waals surface area contributed by atoms with Crippen LogP contribution in [0.15, 0.2) is 0 Å². The summed E-state index contributed by atoms with van der Waals surface area (Å²) in [4.78, 5) is 11.3. The number of ether oxygens (including phenoxy) is 1. The summed E-state index contributed by atoms with van der Waals surface area (Å²) in [5.41, 5.74) is 0. The van der Waals surface area contributed by atoms with Crippen LogP contribution in [0.1, 0.15) is 26.7 Å². The average Bonchev–Trinajstić information content (AvgIpc) is 2.27. The van der Waals surface area contributed by atoms with Gasteiger partial charge in [0.2, 0.25) is 0 Å². The van der Waals surface area contributed by atoms with Gasteiger partial charge in [-0.05, 0) is 52.2 Å². The van der Waals surface area contributed by atoms with E-state index < -0.39 is 0 Å². The highest BCUT2D eigenvalue weighted by Gasteiger charge is 2.17. The van der Waals surface area contributed by atoms with Gasteiger partial charge in [-0.2, -0.15) is 0 Å². The number of hydrogen-bond acceptors (Lipinski definition) is 4. The van der Waals surface area contributed by atoms with E-state index in [1.165, 1.54) is 12.8 Å². The normalized spacial score (nSPS) is 19.9. The molecule has 1 unspecified atom stereocenters. The van der Waals surface area contributed by atoms with Crippen LogP contribution < -0.4 is 10.6 Å². The van der Waals surface area contributed by atoms with Crippen molar-refractivity contribution >= 4 is 5.97 Å². The summed E-state index contributed by atoms with van der Waals surface area (Å²) in [7, 11) is 0. The van der Waals surface area contributed by atoms with E-state index in [0.29, 0.717) is 12.5 Å². The molecule has 1 atom stereocenters. The highest BCUT2D eigenvalue weighted by molar-refractivity contribution is 5.75. The van der Waals surface area contributed by atoms with E-state index in [-0.39, 0.29) is 12.0 Å². The van der Waals surface area contributed by atoms with Crippen LogP contribution in [0.3, 0.4) is 0 Å². The Morgan fingerprint density at radius 1 is 1.53 bits per heavy atom. The summed E-state index contributed by atoms with van der Waals surface area (Å²) >= 11 is 0. The Bertz CT molecular complexity index is 191. The second-order valence-electron chi connectivity index (χ2n) is 4.08. The molecule has 0 bridgehead atoms. The lowest BCUT2D eigenvalue weighted by Gasteiger charge is -2.24. The summed E-state index contributed by atoms with van der Waals surface area (Å²) < 4.78 is 4.93. The van der Waals surface area contributed by atoms with Crippen molar-refractivity contribution in [2.75, 3.05) is 26.2 Å². The molecule has 1 fully saturated rings. The van der Waals surface area contributed by atoms with Crippen molar-refractivity contribution < 1.29 is 9.53 Å². The SMILES string of the molecule is CCOC(=O)C(C)NCC1CCNCC1. The van der Waals surface area contributed by atoms with E-state index in [4.69, 9.17) is 4.74 Å². The molecule has 0 aliphatic carbocycles. The van der Waals surface area contributed by atoms with Crippen molar-refractivity contribution in [3.63, 3.8) is 0 Å². The van der Waals surface area contributed by atoms with Gasteiger partial charge in [0.05, 0.1) is 6.61 Å². The van der Waals surface area contributed by atoms with E-state index in [9.17, 15) is 4.79 Å². The summed E-state index contributed by atoms with van der Waals surface area (Å²) in [6.45, 7) is 7.26. The highest BCUT2D eigenvalue weighted by atomic mass is 16.5. The molecule has 1 rings (SSSR count). The summed E-state index contributed by atoms with van der Waals surface area (Å²) in [5.74, 6) is 0.551. The summed E-state index contributed by atoms with van der Waals surface area (Å²) in [5, 5.41) is 6.56. The van der Waals surface area contributed by atoms with Crippen molar-refractivity contribution in [3.05, 3.63) is 0 Å². The van der Waals surface area contributed by atoms with Gasteiger partial charge in [-0.1, -0.05) is 0 Å². The number of hydrogen-bond donors (Lipinski definition) is 2. The van der Waals surface area contributed by atoms with E-state index in [1.54, 1.807) is 0 Å². The monoisotopic (exact) mass is 214 g/mol. The third-order valence-corrected chi connectivity index (χ3v) is 2.81. The fourth-order valence-electron chi connectivity index (χ4n) is 1.78. The van der Waals surface area contributed by atoms with Gasteiger partial charge in [-0.25, -0.2) is 0 Å². The van der Waals surface area contributed by atoms with Gasteiger partial charge in [0.25, 0.3) is 0 Å². The van der Waals surface area contributed by atoms with Crippen molar-refractivity contribution in [3.8, 4) is 0 Å². The zero-order valence-corrected chi connectivity index (χ0v) is 9.71. The Morgan fingerprint density at radius 2 is 2.20 bits per heavy atom. The molecule has 0 aromatic rings. The molecular weight excluding hydrogens is 192 g/mol. The average molecular weight is 214 g/mol. The van der Waals surface area contributed by atoms with Gasteiger partial charge in [0, 0.05) is 0 Å².